The van der Waals surface area contributed by atoms with Crippen LogP contribution in [0, 0.1) is 0 Å². The van der Waals surface area contributed by atoms with Crippen molar-refractivity contribution in [3.8, 4) is 0 Å². The van der Waals surface area contributed by atoms with Crippen LogP contribution in [-0.2, 0) is 7.05 Å². The van der Waals surface area contributed by atoms with E-state index in [4.69, 9.17) is 5.73 Å². The SMILES string of the molecule is Cn1nc(C(O)CCN)cc1C1CC1. The van der Waals surface area contributed by atoms with Gasteiger partial charge in [-0.25, -0.2) is 0 Å². The molecule has 2 rings (SSSR count). The summed E-state index contributed by atoms with van der Waals surface area (Å²) in [5.74, 6) is 0.673. The fourth-order valence-electron chi connectivity index (χ4n) is 1.73. The molecule has 1 saturated carbocycles. The van der Waals surface area contributed by atoms with E-state index in [1.54, 1.807) is 0 Å². The van der Waals surface area contributed by atoms with E-state index in [9.17, 15) is 5.11 Å². The van der Waals surface area contributed by atoms with Crippen LogP contribution in [0.15, 0.2) is 6.07 Å². The lowest BCUT2D eigenvalue weighted by Gasteiger charge is -2.03. The van der Waals surface area contributed by atoms with E-state index in [1.165, 1.54) is 18.5 Å². The van der Waals surface area contributed by atoms with E-state index in [0.29, 0.717) is 18.9 Å². The average molecular weight is 195 g/mol. The Morgan fingerprint density at radius 3 is 3.00 bits per heavy atom. The molecule has 0 saturated heterocycles. The van der Waals surface area contributed by atoms with Crippen molar-refractivity contribution in [2.45, 2.75) is 31.3 Å². The maximum Gasteiger partial charge on any atom is 0.0990 e. The van der Waals surface area contributed by atoms with Gasteiger partial charge >= 0.3 is 0 Å². The lowest BCUT2D eigenvalue weighted by Crippen LogP contribution is -2.07. The monoisotopic (exact) mass is 195 g/mol. The Bertz CT molecular complexity index is 317. The summed E-state index contributed by atoms with van der Waals surface area (Å²) in [5.41, 5.74) is 7.40. The van der Waals surface area contributed by atoms with E-state index < -0.39 is 6.10 Å². The third-order valence-corrected chi connectivity index (χ3v) is 2.71. The summed E-state index contributed by atoms with van der Waals surface area (Å²) >= 11 is 0. The number of aliphatic hydroxyl groups excluding tert-OH is 1. The van der Waals surface area contributed by atoms with Crippen LogP contribution in [0.2, 0.25) is 0 Å². The molecular weight excluding hydrogens is 178 g/mol. The minimum absolute atomic E-state index is 0.497. The maximum absolute atomic E-state index is 9.70. The first-order valence-corrected chi connectivity index (χ1v) is 5.14. The second kappa shape index (κ2) is 3.71. The predicted molar refractivity (Wildman–Crippen MR) is 53.8 cm³/mol. The smallest absolute Gasteiger partial charge is 0.0990 e. The van der Waals surface area contributed by atoms with Crippen LogP contribution in [0.5, 0.6) is 0 Å². The summed E-state index contributed by atoms with van der Waals surface area (Å²) in [6.07, 6.45) is 2.60. The van der Waals surface area contributed by atoms with Crippen molar-refractivity contribution in [3.63, 3.8) is 0 Å². The standard InChI is InChI=1S/C10H17N3O/c1-13-9(7-2-3-7)6-8(12-13)10(14)4-5-11/h6-7,10,14H,2-5,11H2,1H3. The summed E-state index contributed by atoms with van der Waals surface area (Å²) < 4.78 is 1.88. The Kier molecular flexibility index (Phi) is 2.56. The number of aromatic nitrogens is 2. The largest absolute Gasteiger partial charge is 0.387 e. The Morgan fingerprint density at radius 2 is 2.43 bits per heavy atom. The van der Waals surface area contributed by atoms with Crippen molar-refractivity contribution in [1.82, 2.24) is 9.78 Å². The van der Waals surface area contributed by atoms with E-state index in [2.05, 4.69) is 5.10 Å². The van der Waals surface area contributed by atoms with Crippen LogP contribution >= 0.6 is 0 Å². The molecule has 1 aliphatic rings. The lowest BCUT2D eigenvalue weighted by molar-refractivity contribution is 0.165. The Hall–Kier alpha value is -0.870. The highest BCUT2D eigenvalue weighted by atomic mass is 16.3. The molecule has 4 nitrogen and oxygen atoms in total. The first-order valence-electron chi connectivity index (χ1n) is 5.14. The number of nitrogens with zero attached hydrogens (tertiary/aromatic N) is 2. The Morgan fingerprint density at radius 1 is 1.71 bits per heavy atom. The number of aliphatic hydroxyl groups is 1. The molecule has 0 aromatic carbocycles. The molecule has 0 radical (unpaired) electrons. The molecule has 1 aromatic rings. The van der Waals surface area contributed by atoms with Gasteiger partial charge in [0.15, 0.2) is 0 Å². The topological polar surface area (TPSA) is 64.1 Å². The zero-order valence-electron chi connectivity index (χ0n) is 8.48. The van der Waals surface area contributed by atoms with Crippen LogP contribution < -0.4 is 5.73 Å². The number of rotatable bonds is 4. The van der Waals surface area contributed by atoms with Crippen LogP contribution in [0.25, 0.3) is 0 Å². The molecule has 78 valence electrons. The second-order valence-electron chi connectivity index (χ2n) is 3.99. The zero-order valence-corrected chi connectivity index (χ0v) is 8.48. The molecule has 1 fully saturated rings. The number of aryl methyl sites for hydroxylation is 1. The van der Waals surface area contributed by atoms with Gasteiger partial charge in [-0.1, -0.05) is 0 Å². The highest BCUT2D eigenvalue weighted by molar-refractivity contribution is 5.20. The molecule has 0 amide bonds. The van der Waals surface area contributed by atoms with Gasteiger partial charge in [0, 0.05) is 18.7 Å². The van der Waals surface area contributed by atoms with Gasteiger partial charge < -0.3 is 10.8 Å². The molecule has 0 aliphatic heterocycles. The third-order valence-electron chi connectivity index (χ3n) is 2.71. The molecule has 0 spiro atoms. The third kappa shape index (κ3) is 1.81. The molecule has 3 N–H and O–H groups in total. The minimum Gasteiger partial charge on any atom is -0.387 e. The van der Waals surface area contributed by atoms with Gasteiger partial charge in [0.05, 0.1) is 11.8 Å². The molecule has 1 aromatic heterocycles. The van der Waals surface area contributed by atoms with Crippen LogP contribution in [0.1, 0.15) is 42.7 Å². The molecule has 14 heavy (non-hydrogen) atoms. The zero-order chi connectivity index (χ0) is 10.1. The molecule has 1 heterocycles. The minimum atomic E-state index is -0.501. The summed E-state index contributed by atoms with van der Waals surface area (Å²) in [6, 6.07) is 2.01. The fraction of sp³-hybridized carbons (Fsp3) is 0.700. The van der Waals surface area contributed by atoms with Gasteiger partial charge in [-0.3, -0.25) is 4.68 Å². The van der Waals surface area contributed by atoms with Gasteiger partial charge in [-0.15, -0.1) is 0 Å². The second-order valence-corrected chi connectivity index (χ2v) is 3.99. The molecule has 0 bridgehead atoms. The van der Waals surface area contributed by atoms with Gasteiger partial charge in [0.1, 0.15) is 0 Å². The fourth-order valence-corrected chi connectivity index (χ4v) is 1.73. The van der Waals surface area contributed by atoms with Gasteiger partial charge in [-0.2, -0.15) is 5.10 Å². The van der Waals surface area contributed by atoms with Crippen molar-refractivity contribution in [1.29, 1.82) is 0 Å². The van der Waals surface area contributed by atoms with Gasteiger partial charge in [0.25, 0.3) is 0 Å². The highest BCUT2D eigenvalue weighted by Crippen LogP contribution is 2.40. The van der Waals surface area contributed by atoms with E-state index in [0.717, 1.165) is 5.69 Å². The van der Waals surface area contributed by atoms with Crippen LogP contribution in [0.4, 0.5) is 0 Å². The molecular formula is C10H17N3O. The first kappa shape index (κ1) is 9.68. The van der Waals surface area contributed by atoms with Crippen molar-refractivity contribution in [2.75, 3.05) is 6.54 Å². The number of hydrogen-bond acceptors (Lipinski definition) is 3. The van der Waals surface area contributed by atoms with Crippen molar-refractivity contribution in [2.24, 2.45) is 12.8 Å². The highest BCUT2D eigenvalue weighted by Gasteiger charge is 2.28. The molecule has 4 heteroatoms. The molecule has 1 atom stereocenters. The van der Waals surface area contributed by atoms with Gasteiger partial charge in [-0.05, 0) is 31.9 Å². The Labute approximate surface area is 83.7 Å². The van der Waals surface area contributed by atoms with Crippen molar-refractivity contribution < 1.29 is 5.11 Å². The summed E-state index contributed by atoms with van der Waals surface area (Å²) in [4.78, 5) is 0. The van der Waals surface area contributed by atoms with E-state index >= 15 is 0 Å². The Balaban J connectivity index is 2.14. The average Bonchev–Trinajstić information content (AvgIpc) is 2.91. The number of nitrogens with two attached hydrogens (primary N) is 1. The first-order chi connectivity index (χ1) is 6.72. The van der Waals surface area contributed by atoms with Crippen molar-refractivity contribution in [3.05, 3.63) is 17.5 Å². The maximum atomic E-state index is 9.70. The van der Waals surface area contributed by atoms with E-state index in [-0.39, 0.29) is 0 Å². The lowest BCUT2D eigenvalue weighted by atomic mass is 10.1. The summed E-state index contributed by atoms with van der Waals surface area (Å²) in [6.45, 7) is 0.497. The predicted octanol–water partition coefficient (Wildman–Crippen LogP) is 0.680. The van der Waals surface area contributed by atoms with Crippen LogP contribution in [0.3, 0.4) is 0 Å². The normalized spacial score (nSPS) is 18.5. The quantitative estimate of drug-likeness (QED) is 0.742. The summed E-state index contributed by atoms with van der Waals surface area (Å²) in [7, 11) is 1.94. The van der Waals surface area contributed by atoms with Crippen LogP contribution in [-0.4, -0.2) is 21.4 Å². The van der Waals surface area contributed by atoms with E-state index in [1.807, 2.05) is 17.8 Å². The van der Waals surface area contributed by atoms with Crippen molar-refractivity contribution >= 4 is 0 Å². The molecule has 1 aliphatic carbocycles. The molecule has 1 unspecified atom stereocenters. The van der Waals surface area contributed by atoms with Gasteiger partial charge in [0.2, 0.25) is 0 Å². The number of hydrogen-bond donors (Lipinski definition) is 2. The summed E-state index contributed by atoms with van der Waals surface area (Å²) in [5, 5.41) is 14.0.